The Balaban J connectivity index is 1.61. The van der Waals surface area contributed by atoms with Gasteiger partial charge in [-0.1, -0.05) is 48.0 Å². The van der Waals surface area contributed by atoms with E-state index in [-0.39, 0.29) is 38.2 Å². The summed E-state index contributed by atoms with van der Waals surface area (Å²) >= 11 is 6.53. The Morgan fingerprint density at radius 1 is 1.02 bits per heavy atom. The van der Waals surface area contributed by atoms with E-state index in [4.69, 9.17) is 21.1 Å². The summed E-state index contributed by atoms with van der Waals surface area (Å²) in [5.74, 6) is -4.13. The number of benzene rings is 3. The van der Waals surface area contributed by atoms with Gasteiger partial charge in [0, 0.05) is 43.2 Å². The molecule has 1 aromatic heterocycles. The first-order valence-electron chi connectivity index (χ1n) is 15.4. The molecule has 1 unspecified atom stereocenters. The van der Waals surface area contributed by atoms with E-state index in [9.17, 15) is 31.2 Å². The maximum absolute atomic E-state index is 15.5. The van der Waals surface area contributed by atoms with Crippen LogP contribution in [-0.4, -0.2) is 91.9 Å². The third-order valence-corrected chi connectivity index (χ3v) is 11.0. The van der Waals surface area contributed by atoms with Crippen molar-refractivity contribution in [3.63, 3.8) is 0 Å². The molecular formula is C34H31ClF3N5O7S. The number of carbonyl (C=O) groups excluding carboxylic acids is 3. The number of carbonyl (C=O) groups is 3. The molecule has 0 radical (unpaired) electrons. The molecule has 2 aliphatic heterocycles. The highest BCUT2D eigenvalue weighted by Crippen LogP contribution is 2.55. The fraction of sp³-hybridized carbons (Fsp3) is 0.294. The van der Waals surface area contributed by atoms with Crippen LogP contribution in [0.2, 0.25) is 5.02 Å². The molecule has 268 valence electrons. The van der Waals surface area contributed by atoms with Crippen molar-refractivity contribution in [3.8, 4) is 11.4 Å². The van der Waals surface area contributed by atoms with Gasteiger partial charge in [0.05, 0.1) is 36.4 Å². The molecule has 0 bridgehead atoms. The number of likely N-dealkylation sites (tertiary alicyclic amines) is 1. The maximum Gasteiger partial charge on any atom is 0.490 e. The number of hydrogen-bond donors (Lipinski definition) is 0. The number of hydrogen-bond acceptors (Lipinski definition) is 9. The summed E-state index contributed by atoms with van der Waals surface area (Å²) in [5, 5.41) is 4.37. The monoisotopic (exact) mass is 745 g/mol. The molecule has 1 fully saturated rings. The molecule has 0 N–H and O–H groups in total. The van der Waals surface area contributed by atoms with E-state index < -0.39 is 64.6 Å². The predicted molar refractivity (Wildman–Crippen MR) is 178 cm³/mol. The predicted octanol–water partition coefficient (Wildman–Crippen LogP) is 4.46. The number of esters is 1. The number of ether oxygens (including phenoxy) is 2. The van der Waals surface area contributed by atoms with Gasteiger partial charge in [-0.2, -0.15) is 18.3 Å². The summed E-state index contributed by atoms with van der Waals surface area (Å²) < 4.78 is 82.2. The molecule has 3 heterocycles. The van der Waals surface area contributed by atoms with Crippen molar-refractivity contribution in [1.82, 2.24) is 19.6 Å². The Morgan fingerprint density at radius 3 is 2.33 bits per heavy atom. The molecule has 3 aromatic carbocycles. The second kappa shape index (κ2) is 13.0. The summed E-state index contributed by atoms with van der Waals surface area (Å²) in [7, 11) is -0.659. The molecule has 6 rings (SSSR count). The normalized spacial score (nSPS) is 20.7. The van der Waals surface area contributed by atoms with Crippen LogP contribution in [0.5, 0.6) is 5.75 Å². The summed E-state index contributed by atoms with van der Waals surface area (Å²) in [4.78, 5) is 43.5. The smallest absolute Gasteiger partial charge is 0.490 e. The molecule has 0 saturated carbocycles. The van der Waals surface area contributed by atoms with E-state index in [0.29, 0.717) is 9.99 Å². The van der Waals surface area contributed by atoms with Crippen molar-refractivity contribution in [2.75, 3.05) is 32.1 Å². The number of anilines is 1. The molecule has 4 aromatic rings. The Morgan fingerprint density at radius 2 is 1.69 bits per heavy atom. The van der Waals surface area contributed by atoms with E-state index >= 15 is 4.79 Å². The van der Waals surface area contributed by atoms with Crippen LogP contribution in [0, 0.1) is 6.92 Å². The number of likely N-dealkylation sites (N-methyl/N-ethyl adjacent to an activating group) is 1. The van der Waals surface area contributed by atoms with Gasteiger partial charge < -0.3 is 14.4 Å². The lowest BCUT2D eigenvalue weighted by Gasteiger charge is -2.42. The number of methoxy groups -OCH3 is 1. The third kappa shape index (κ3) is 5.80. The fourth-order valence-electron chi connectivity index (χ4n) is 6.80. The first kappa shape index (κ1) is 35.9. The Hall–Kier alpha value is -4.93. The molecule has 3 atom stereocenters. The second-order valence-electron chi connectivity index (χ2n) is 12.1. The average Bonchev–Trinajstić information content (AvgIpc) is 3.76. The van der Waals surface area contributed by atoms with Gasteiger partial charge in [-0.3, -0.25) is 14.5 Å². The highest BCUT2D eigenvalue weighted by molar-refractivity contribution is 7.93. The van der Waals surface area contributed by atoms with Crippen LogP contribution in [0.25, 0.3) is 5.69 Å². The van der Waals surface area contributed by atoms with Crippen LogP contribution >= 0.6 is 11.6 Å². The van der Waals surface area contributed by atoms with Crippen LogP contribution in [-0.2, 0) is 34.7 Å². The van der Waals surface area contributed by atoms with Crippen LogP contribution in [0.3, 0.4) is 0 Å². The minimum Gasteiger partial charge on any atom is -0.496 e. The van der Waals surface area contributed by atoms with Crippen molar-refractivity contribution in [3.05, 3.63) is 101 Å². The zero-order chi connectivity index (χ0) is 37.0. The number of halogens is 4. The number of aromatic nitrogens is 2. The largest absolute Gasteiger partial charge is 0.496 e. The van der Waals surface area contributed by atoms with Crippen molar-refractivity contribution >= 4 is 45.1 Å². The number of rotatable bonds is 8. The first-order chi connectivity index (χ1) is 24.0. The zero-order valence-corrected chi connectivity index (χ0v) is 29.2. The van der Waals surface area contributed by atoms with E-state index in [1.54, 1.807) is 42.5 Å². The summed E-state index contributed by atoms with van der Waals surface area (Å²) in [6.45, 7) is 0.941. The second-order valence-corrected chi connectivity index (χ2v) is 14.3. The Bertz CT molecular complexity index is 2140. The summed E-state index contributed by atoms with van der Waals surface area (Å²) in [6.07, 6.45) is -6.21. The maximum atomic E-state index is 15.5. The standard InChI is InChI=1S/C34H31ClF3N5O7S/c1-20-29(18-39-42(20)22-10-6-5-7-11-22)51(47,48)43-26-15-14-21(35)16-25(26)33(31(43)45,24-12-8-9-13-28(24)49-4)41-19-23(50-32(46)34(36,37)38)17-27(41)30(44)40(2)3/h5-16,18,23,27H,17,19H2,1-4H3/t23-,27+,33?/m1/s1. The number of fused-ring (bicyclic) bond motifs is 1. The Kier molecular flexibility index (Phi) is 9.14. The molecule has 12 nitrogen and oxygen atoms in total. The van der Waals surface area contributed by atoms with E-state index in [1.807, 2.05) is 0 Å². The van der Waals surface area contributed by atoms with Crippen molar-refractivity contribution in [2.24, 2.45) is 0 Å². The lowest BCUT2D eigenvalue weighted by Crippen LogP contribution is -2.59. The summed E-state index contributed by atoms with van der Waals surface area (Å²) in [5.41, 5.74) is -1.59. The van der Waals surface area contributed by atoms with E-state index in [2.05, 4.69) is 5.10 Å². The van der Waals surface area contributed by atoms with Crippen molar-refractivity contribution < 1.29 is 45.4 Å². The highest BCUT2D eigenvalue weighted by atomic mass is 35.5. The topological polar surface area (TPSA) is 131 Å². The van der Waals surface area contributed by atoms with Gasteiger partial charge in [0.2, 0.25) is 5.91 Å². The molecule has 2 amide bonds. The minimum absolute atomic E-state index is 0.000494. The van der Waals surface area contributed by atoms with Crippen LogP contribution in [0.15, 0.2) is 83.9 Å². The third-order valence-electron chi connectivity index (χ3n) is 8.97. The highest BCUT2D eigenvalue weighted by Gasteiger charge is 2.64. The molecule has 17 heteroatoms. The van der Waals surface area contributed by atoms with Crippen molar-refractivity contribution in [1.29, 1.82) is 0 Å². The molecule has 0 spiro atoms. The molecule has 1 saturated heterocycles. The van der Waals surface area contributed by atoms with Gasteiger partial charge in [0.15, 0.2) is 5.54 Å². The zero-order valence-electron chi connectivity index (χ0n) is 27.6. The number of sulfonamides is 1. The quantitative estimate of drug-likeness (QED) is 0.240. The Labute approximate surface area is 295 Å². The molecule has 51 heavy (non-hydrogen) atoms. The van der Waals surface area contributed by atoms with Gasteiger partial charge >= 0.3 is 12.1 Å². The first-order valence-corrected chi connectivity index (χ1v) is 17.3. The average molecular weight is 746 g/mol. The van der Waals surface area contributed by atoms with Crippen molar-refractivity contribution in [2.45, 2.75) is 42.1 Å². The van der Waals surface area contributed by atoms with Gasteiger partial charge in [-0.05, 0) is 43.3 Å². The van der Waals surface area contributed by atoms with Crippen LogP contribution < -0.4 is 9.04 Å². The molecule has 0 aliphatic carbocycles. The lowest BCUT2D eigenvalue weighted by atomic mass is 9.80. The minimum atomic E-state index is -5.34. The van der Waals surface area contributed by atoms with E-state index in [1.165, 1.54) is 72.9 Å². The van der Waals surface area contributed by atoms with Gasteiger partial charge in [0.25, 0.3) is 15.9 Å². The van der Waals surface area contributed by atoms with Gasteiger partial charge in [-0.25, -0.2) is 22.2 Å². The number of alkyl halides is 3. The van der Waals surface area contributed by atoms with E-state index in [0.717, 1.165) is 6.20 Å². The molecule has 2 aliphatic rings. The van der Waals surface area contributed by atoms with Crippen LogP contribution in [0.1, 0.15) is 23.2 Å². The number of amides is 2. The van der Waals surface area contributed by atoms with Gasteiger partial charge in [-0.15, -0.1) is 0 Å². The molecular weight excluding hydrogens is 715 g/mol. The SMILES string of the molecule is COc1ccccc1C1(N2C[C@H](OC(=O)C(F)(F)F)C[C@H]2C(=O)N(C)C)C(=O)N(S(=O)(=O)c2cnn(-c3ccccc3)c2C)c2ccc(Cl)cc21. The van der Waals surface area contributed by atoms with Crippen LogP contribution in [0.4, 0.5) is 18.9 Å². The number of nitrogens with zero attached hydrogens (tertiary/aromatic N) is 5. The lowest BCUT2D eigenvalue weighted by molar-refractivity contribution is -0.204. The van der Waals surface area contributed by atoms with Gasteiger partial charge in [0.1, 0.15) is 16.7 Å². The number of para-hydroxylation sites is 2. The fourth-order valence-corrected chi connectivity index (χ4v) is 8.58. The summed E-state index contributed by atoms with van der Waals surface area (Å²) in [6, 6.07) is 17.6.